The van der Waals surface area contributed by atoms with E-state index < -0.39 is 0 Å². The molecule has 4 rings (SSSR count). The van der Waals surface area contributed by atoms with Crippen molar-refractivity contribution in [2.75, 3.05) is 0 Å². The lowest BCUT2D eigenvalue weighted by Gasteiger charge is -2.06. The van der Waals surface area contributed by atoms with Crippen molar-refractivity contribution in [3.8, 4) is 20.9 Å². The van der Waals surface area contributed by atoms with E-state index >= 15 is 0 Å². The second-order valence-corrected chi connectivity index (χ2v) is 6.93. The van der Waals surface area contributed by atoms with E-state index in [4.69, 9.17) is 0 Å². The molecule has 23 heavy (non-hydrogen) atoms. The van der Waals surface area contributed by atoms with Gasteiger partial charge in [-0.05, 0) is 41.2 Å². The molecule has 0 bridgehead atoms. The van der Waals surface area contributed by atoms with Gasteiger partial charge in [0.25, 0.3) is 0 Å². The summed E-state index contributed by atoms with van der Waals surface area (Å²) >= 11 is 1.81. The van der Waals surface area contributed by atoms with E-state index in [-0.39, 0.29) is 6.61 Å². The largest absolute Gasteiger partial charge is 0.392 e. The van der Waals surface area contributed by atoms with Crippen LogP contribution in [0.4, 0.5) is 0 Å². The molecule has 1 N–H and O–H groups in total. The molecular formula is C21H18OS. The fourth-order valence-electron chi connectivity index (χ4n) is 2.78. The van der Waals surface area contributed by atoms with Gasteiger partial charge in [0.2, 0.25) is 0 Å². The molecule has 0 aliphatic heterocycles. The molecule has 0 unspecified atom stereocenters. The Morgan fingerprint density at radius 1 is 0.957 bits per heavy atom. The van der Waals surface area contributed by atoms with Crippen molar-refractivity contribution >= 4 is 17.4 Å². The number of allylic oxidation sites excluding steroid dienone is 1. The van der Waals surface area contributed by atoms with Gasteiger partial charge in [0, 0.05) is 9.75 Å². The van der Waals surface area contributed by atoms with Gasteiger partial charge in [0.1, 0.15) is 0 Å². The topological polar surface area (TPSA) is 20.2 Å². The van der Waals surface area contributed by atoms with E-state index in [1.165, 1.54) is 39.3 Å². The van der Waals surface area contributed by atoms with Gasteiger partial charge in [-0.25, -0.2) is 0 Å². The summed E-state index contributed by atoms with van der Waals surface area (Å²) < 4.78 is 0. The average molecular weight is 318 g/mol. The van der Waals surface area contributed by atoms with Crippen LogP contribution in [0.5, 0.6) is 0 Å². The molecule has 0 saturated heterocycles. The van der Waals surface area contributed by atoms with Crippen LogP contribution >= 0.6 is 11.3 Å². The van der Waals surface area contributed by atoms with E-state index in [0.29, 0.717) is 0 Å². The van der Waals surface area contributed by atoms with E-state index in [9.17, 15) is 5.11 Å². The molecule has 1 nitrogen and oxygen atoms in total. The maximum atomic E-state index is 9.68. The molecule has 0 amide bonds. The number of hydrogen-bond donors (Lipinski definition) is 1. The van der Waals surface area contributed by atoms with Gasteiger partial charge in [0.15, 0.2) is 0 Å². The normalized spacial score (nSPS) is 13.2. The molecule has 1 fully saturated rings. The zero-order valence-corrected chi connectivity index (χ0v) is 13.6. The second kappa shape index (κ2) is 6.15. The van der Waals surface area contributed by atoms with Crippen molar-refractivity contribution in [2.24, 2.45) is 0 Å². The second-order valence-electron chi connectivity index (χ2n) is 5.88. The highest BCUT2D eigenvalue weighted by atomic mass is 32.1. The molecule has 1 aromatic heterocycles. The van der Waals surface area contributed by atoms with Crippen molar-refractivity contribution in [3.63, 3.8) is 0 Å². The molecule has 0 spiro atoms. The average Bonchev–Trinajstić information content (AvgIpc) is 3.33. The molecule has 1 aliphatic rings. The first-order valence-corrected chi connectivity index (χ1v) is 8.74. The number of aliphatic hydroxyl groups is 1. The highest BCUT2D eigenvalue weighted by Crippen LogP contribution is 2.42. The predicted octanol–water partition coefficient (Wildman–Crippen LogP) is 5.75. The monoisotopic (exact) mass is 318 g/mol. The third-order valence-electron chi connectivity index (χ3n) is 4.15. The first kappa shape index (κ1) is 14.4. The molecule has 1 saturated carbocycles. The van der Waals surface area contributed by atoms with Gasteiger partial charge in [-0.15, -0.1) is 11.3 Å². The summed E-state index contributed by atoms with van der Waals surface area (Å²) in [6, 6.07) is 21.0. The third-order valence-corrected chi connectivity index (χ3v) is 5.38. The molecule has 2 heteroatoms. The van der Waals surface area contributed by atoms with Crippen LogP contribution in [0.3, 0.4) is 0 Å². The van der Waals surface area contributed by atoms with Crippen LogP contribution in [0.2, 0.25) is 0 Å². The standard InChI is InChI=1S/C21H18OS/c22-14-17-8-4-5-9-19(17)21-18(12-15-10-11-15)13-20(23-21)16-6-2-1-3-7-16/h1-9,12-13,22H,10-11,14H2. The Kier molecular flexibility index (Phi) is 3.86. The lowest BCUT2D eigenvalue weighted by atomic mass is 10.0. The number of benzene rings is 2. The van der Waals surface area contributed by atoms with Crippen LogP contribution in [0.25, 0.3) is 27.0 Å². The summed E-state index contributed by atoms with van der Waals surface area (Å²) in [4.78, 5) is 2.54. The van der Waals surface area contributed by atoms with Gasteiger partial charge in [-0.1, -0.05) is 66.2 Å². The first-order chi connectivity index (χ1) is 11.3. The minimum atomic E-state index is 0.0742. The van der Waals surface area contributed by atoms with Crippen LogP contribution in [0, 0.1) is 0 Å². The van der Waals surface area contributed by atoms with Gasteiger partial charge in [0.05, 0.1) is 6.61 Å². The number of aliphatic hydroxyl groups excluding tert-OH is 1. The predicted molar refractivity (Wildman–Crippen MR) is 98.3 cm³/mol. The SMILES string of the molecule is OCc1ccccc1-c1sc(-c2ccccc2)cc1C=C1CC1. The Labute approximate surface area is 140 Å². The molecule has 0 radical (unpaired) electrons. The Balaban J connectivity index is 1.87. The molecule has 114 valence electrons. The third kappa shape index (κ3) is 3.00. The quantitative estimate of drug-likeness (QED) is 0.649. The van der Waals surface area contributed by atoms with Crippen molar-refractivity contribution in [1.29, 1.82) is 0 Å². The maximum absolute atomic E-state index is 9.68. The zero-order chi connectivity index (χ0) is 15.6. The van der Waals surface area contributed by atoms with Crippen LogP contribution in [0.1, 0.15) is 24.0 Å². The van der Waals surface area contributed by atoms with Gasteiger partial charge < -0.3 is 5.11 Å². The summed E-state index contributed by atoms with van der Waals surface area (Å²) in [5.74, 6) is 0. The van der Waals surface area contributed by atoms with Crippen molar-refractivity contribution < 1.29 is 5.11 Å². The van der Waals surface area contributed by atoms with Crippen molar-refractivity contribution in [3.05, 3.63) is 77.4 Å². The van der Waals surface area contributed by atoms with E-state index in [1.54, 1.807) is 0 Å². The molecule has 3 aromatic rings. The van der Waals surface area contributed by atoms with Crippen LogP contribution in [0.15, 0.2) is 66.2 Å². The van der Waals surface area contributed by atoms with E-state index in [1.807, 2.05) is 35.6 Å². The van der Waals surface area contributed by atoms with Crippen LogP contribution in [-0.4, -0.2) is 5.11 Å². The fraction of sp³-hybridized carbons (Fsp3) is 0.143. The Bertz CT molecular complexity index is 853. The minimum absolute atomic E-state index is 0.0742. The summed E-state index contributed by atoms with van der Waals surface area (Å²) in [5.41, 5.74) is 6.19. The van der Waals surface area contributed by atoms with Crippen LogP contribution < -0.4 is 0 Å². The number of thiophene rings is 1. The summed E-state index contributed by atoms with van der Waals surface area (Å²) in [7, 11) is 0. The lowest BCUT2D eigenvalue weighted by Crippen LogP contribution is -1.87. The zero-order valence-electron chi connectivity index (χ0n) is 12.8. The number of hydrogen-bond acceptors (Lipinski definition) is 2. The summed E-state index contributed by atoms with van der Waals surface area (Å²) in [5, 5.41) is 9.68. The van der Waals surface area contributed by atoms with Crippen LogP contribution in [-0.2, 0) is 6.61 Å². The molecule has 2 aromatic carbocycles. The van der Waals surface area contributed by atoms with E-state index in [0.717, 1.165) is 11.1 Å². The van der Waals surface area contributed by atoms with Gasteiger partial charge >= 0.3 is 0 Å². The fourth-order valence-corrected chi connectivity index (χ4v) is 3.99. The van der Waals surface area contributed by atoms with Crippen molar-refractivity contribution in [2.45, 2.75) is 19.4 Å². The lowest BCUT2D eigenvalue weighted by molar-refractivity contribution is 0.282. The Hall–Kier alpha value is -2.16. The Morgan fingerprint density at radius 2 is 1.70 bits per heavy atom. The Morgan fingerprint density at radius 3 is 2.43 bits per heavy atom. The van der Waals surface area contributed by atoms with E-state index in [2.05, 4.69) is 42.5 Å². The summed E-state index contributed by atoms with van der Waals surface area (Å²) in [6.07, 6.45) is 4.77. The van der Waals surface area contributed by atoms with Crippen molar-refractivity contribution in [1.82, 2.24) is 0 Å². The maximum Gasteiger partial charge on any atom is 0.0688 e. The first-order valence-electron chi connectivity index (χ1n) is 7.93. The molecular weight excluding hydrogens is 300 g/mol. The number of rotatable bonds is 4. The molecule has 1 heterocycles. The molecule has 1 aliphatic carbocycles. The highest BCUT2D eigenvalue weighted by molar-refractivity contribution is 7.19. The highest BCUT2D eigenvalue weighted by Gasteiger charge is 2.17. The molecule has 0 atom stereocenters. The van der Waals surface area contributed by atoms with Gasteiger partial charge in [-0.3, -0.25) is 0 Å². The minimum Gasteiger partial charge on any atom is -0.392 e. The van der Waals surface area contributed by atoms with Gasteiger partial charge in [-0.2, -0.15) is 0 Å². The smallest absolute Gasteiger partial charge is 0.0688 e. The summed E-state index contributed by atoms with van der Waals surface area (Å²) in [6.45, 7) is 0.0742.